The van der Waals surface area contributed by atoms with Crippen LogP contribution in [-0.4, -0.2) is 53.9 Å². The van der Waals surface area contributed by atoms with Crippen LogP contribution >= 0.6 is 0 Å². The first-order valence-corrected chi connectivity index (χ1v) is 8.58. The van der Waals surface area contributed by atoms with Gasteiger partial charge in [0.2, 0.25) is 0 Å². The maximum atomic E-state index is 11.9. The Labute approximate surface area is 149 Å². The molecule has 0 atom stereocenters. The van der Waals surface area contributed by atoms with Crippen molar-refractivity contribution in [2.24, 2.45) is 4.99 Å². The molecule has 0 radical (unpaired) electrons. The van der Waals surface area contributed by atoms with Crippen molar-refractivity contribution >= 4 is 12.1 Å². The van der Waals surface area contributed by atoms with Crippen LogP contribution in [0.25, 0.3) is 0 Å². The van der Waals surface area contributed by atoms with E-state index in [0.717, 1.165) is 11.5 Å². The van der Waals surface area contributed by atoms with Crippen LogP contribution in [0.5, 0.6) is 0 Å². The molecular formula is C17H29N5O3. The highest BCUT2D eigenvalue weighted by molar-refractivity contribution is 5.80. The van der Waals surface area contributed by atoms with Crippen molar-refractivity contribution in [3.63, 3.8) is 0 Å². The molecule has 1 aliphatic rings. The van der Waals surface area contributed by atoms with Gasteiger partial charge in [-0.1, -0.05) is 19.0 Å². The number of hydrogen-bond donors (Lipinski definition) is 2. The summed E-state index contributed by atoms with van der Waals surface area (Å²) in [5.41, 5.74) is 0.464. The monoisotopic (exact) mass is 351 g/mol. The Morgan fingerprint density at radius 1 is 1.48 bits per heavy atom. The molecule has 0 aromatic carbocycles. The van der Waals surface area contributed by atoms with Gasteiger partial charge < -0.3 is 24.8 Å². The Morgan fingerprint density at radius 3 is 2.68 bits per heavy atom. The second-order valence-electron chi connectivity index (χ2n) is 7.53. The third-order valence-corrected chi connectivity index (χ3v) is 3.70. The van der Waals surface area contributed by atoms with Gasteiger partial charge in [-0.05, 0) is 26.7 Å². The molecule has 0 aliphatic carbocycles. The van der Waals surface area contributed by atoms with Crippen LogP contribution in [0.2, 0.25) is 0 Å². The second kappa shape index (κ2) is 7.76. The number of carbonyl (C=O) groups excluding carboxylic acids is 1. The van der Waals surface area contributed by atoms with Gasteiger partial charge in [0.15, 0.2) is 11.7 Å². The number of guanidine groups is 1. The van der Waals surface area contributed by atoms with E-state index >= 15 is 0 Å². The predicted molar refractivity (Wildman–Crippen MR) is 95.5 cm³/mol. The molecule has 1 aliphatic heterocycles. The van der Waals surface area contributed by atoms with E-state index in [1.165, 1.54) is 0 Å². The first-order valence-electron chi connectivity index (χ1n) is 8.58. The van der Waals surface area contributed by atoms with Crippen molar-refractivity contribution in [2.45, 2.75) is 58.7 Å². The van der Waals surface area contributed by atoms with Crippen LogP contribution in [-0.2, 0) is 11.3 Å². The topological polar surface area (TPSA) is 92.0 Å². The standard InChI is InChI=1S/C17H29N5O3/c1-11(2)14-7-13(25-21-14)8-19-15(18-6)20-12-9-22(10-12)16(23)24-17(3,4)5/h7,11-12H,8-10H2,1-6H3,(H2,18,19,20). The summed E-state index contributed by atoms with van der Waals surface area (Å²) in [4.78, 5) is 17.8. The lowest BCUT2D eigenvalue weighted by molar-refractivity contribution is 0.00701. The maximum absolute atomic E-state index is 11.9. The van der Waals surface area contributed by atoms with Gasteiger partial charge in [-0.2, -0.15) is 0 Å². The maximum Gasteiger partial charge on any atom is 0.410 e. The molecule has 25 heavy (non-hydrogen) atoms. The number of aromatic nitrogens is 1. The normalized spacial score (nSPS) is 16.0. The highest BCUT2D eigenvalue weighted by Crippen LogP contribution is 2.15. The van der Waals surface area contributed by atoms with Crippen LogP contribution in [0, 0.1) is 0 Å². The summed E-state index contributed by atoms with van der Waals surface area (Å²) in [6.45, 7) is 11.4. The van der Waals surface area contributed by atoms with Crippen molar-refractivity contribution in [3.05, 3.63) is 17.5 Å². The second-order valence-corrected chi connectivity index (χ2v) is 7.53. The smallest absolute Gasteiger partial charge is 0.410 e. The Bertz CT molecular complexity index is 612. The molecule has 1 aromatic heterocycles. The SMILES string of the molecule is CN=C(NCc1cc(C(C)C)no1)NC1CN(C(=O)OC(C)(C)C)C1. The molecule has 1 saturated heterocycles. The fourth-order valence-electron chi connectivity index (χ4n) is 2.29. The largest absolute Gasteiger partial charge is 0.444 e. The molecular weight excluding hydrogens is 322 g/mol. The van der Waals surface area contributed by atoms with Crippen LogP contribution < -0.4 is 10.6 Å². The number of nitrogens with zero attached hydrogens (tertiary/aromatic N) is 3. The quantitative estimate of drug-likeness (QED) is 0.637. The number of aliphatic imine (C=N–C) groups is 1. The molecule has 1 fully saturated rings. The third kappa shape index (κ3) is 5.65. The average molecular weight is 351 g/mol. The Kier molecular flexibility index (Phi) is 5.92. The summed E-state index contributed by atoms with van der Waals surface area (Å²) in [5.74, 6) is 1.76. The lowest BCUT2D eigenvalue weighted by Crippen LogP contribution is -2.63. The van der Waals surface area contributed by atoms with Gasteiger partial charge >= 0.3 is 6.09 Å². The number of amides is 1. The van der Waals surface area contributed by atoms with Crippen LogP contribution in [0.4, 0.5) is 4.79 Å². The summed E-state index contributed by atoms with van der Waals surface area (Å²) in [6.07, 6.45) is -0.281. The minimum atomic E-state index is -0.473. The van der Waals surface area contributed by atoms with E-state index in [9.17, 15) is 4.79 Å². The number of nitrogens with one attached hydrogen (secondary N) is 2. The molecule has 2 N–H and O–H groups in total. The van der Waals surface area contributed by atoms with Gasteiger partial charge in [-0.3, -0.25) is 4.99 Å². The van der Waals surface area contributed by atoms with Gasteiger partial charge in [-0.15, -0.1) is 0 Å². The number of carbonyl (C=O) groups is 1. The van der Waals surface area contributed by atoms with E-state index < -0.39 is 5.60 Å². The summed E-state index contributed by atoms with van der Waals surface area (Å²) >= 11 is 0. The summed E-state index contributed by atoms with van der Waals surface area (Å²) in [5, 5.41) is 10.5. The fourth-order valence-corrected chi connectivity index (χ4v) is 2.29. The molecule has 8 nitrogen and oxygen atoms in total. The fraction of sp³-hybridized carbons (Fsp3) is 0.706. The highest BCUT2D eigenvalue weighted by atomic mass is 16.6. The van der Waals surface area contributed by atoms with E-state index in [4.69, 9.17) is 9.26 Å². The Morgan fingerprint density at radius 2 is 2.16 bits per heavy atom. The summed E-state index contributed by atoms with van der Waals surface area (Å²) < 4.78 is 10.6. The molecule has 140 valence electrons. The zero-order valence-corrected chi connectivity index (χ0v) is 15.9. The molecule has 0 spiro atoms. The van der Waals surface area contributed by atoms with Gasteiger partial charge in [0.25, 0.3) is 0 Å². The van der Waals surface area contributed by atoms with Gasteiger partial charge in [0.1, 0.15) is 5.60 Å². The van der Waals surface area contributed by atoms with Crippen molar-refractivity contribution in [3.8, 4) is 0 Å². The van der Waals surface area contributed by atoms with Crippen molar-refractivity contribution in [2.75, 3.05) is 20.1 Å². The summed E-state index contributed by atoms with van der Waals surface area (Å²) in [7, 11) is 1.71. The van der Waals surface area contributed by atoms with E-state index in [1.807, 2.05) is 26.8 Å². The van der Waals surface area contributed by atoms with Crippen LogP contribution in [0.3, 0.4) is 0 Å². The minimum absolute atomic E-state index is 0.152. The van der Waals surface area contributed by atoms with Crippen molar-refractivity contribution in [1.82, 2.24) is 20.7 Å². The molecule has 1 aromatic rings. The predicted octanol–water partition coefficient (Wildman–Crippen LogP) is 2.08. The van der Waals surface area contributed by atoms with Gasteiger partial charge in [-0.25, -0.2) is 4.79 Å². The van der Waals surface area contributed by atoms with Gasteiger partial charge in [0.05, 0.1) is 18.3 Å². The molecule has 2 rings (SSSR count). The lowest BCUT2D eigenvalue weighted by atomic mass is 10.1. The third-order valence-electron chi connectivity index (χ3n) is 3.70. The van der Waals surface area contributed by atoms with Gasteiger partial charge in [0, 0.05) is 26.2 Å². The van der Waals surface area contributed by atoms with Crippen LogP contribution in [0.15, 0.2) is 15.6 Å². The van der Waals surface area contributed by atoms with E-state index in [1.54, 1.807) is 11.9 Å². The molecule has 0 saturated carbocycles. The molecule has 2 heterocycles. The first kappa shape index (κ1) is 19.1. The first-order chi connectivity index (χ1) is 11.7. The van der Waals surface area contributed by atoms with Crippen molar-refractivity contribution in [1.29, 1.82) is 0 Å². The van der Waals surface area contributed by atoms with Crippen molar-refractivity contribution < 1.29 is 14.1 Å². The van der Waals surface area contributed by atoms with Crippen LogP contribution in [0.1, 0.15) is 52.0 Å². The zero-order chi connectivity index (χ0) is 18.6. The number of hydrogen-bond acceptors (Lipinski definition) is 5. The molecule has 0 bridgehead atoms. The number of ether oxygens (including phenoxy) is 1. The Balaban J connectivity index is 1.73. The molecule has 8 heteroatoms. The number of rotatable bonds is 4. The average Bonchev–Trinajstić information content (AvgIpc) is 2.92. The Hall–Kier alpha value is -2.25. The van der Waals surface area contributed by atoms with E-state index in [2.05, 4.69) is 34.6 Å². The molecule has 0 unspecified atom stereocenters. The van der Waals surface area contributed by atoms with E-state index in [0.29, 0.717) is 31.5 Å². The lowest BCUT2D eigenvalue weighted by Gasteiger charge is -2.40. The number of likely N-dealkylation sites (tertiary alicyclic amines) is 1. The highest BCUT2D eigenvalue weighted by Gasteiger charge is 2.34. The summed E-state index contributed by atoms with van der Waals surface area (Å²) in [6, 6.07) is 2.10. The molecule has 1 amide bonds. The van der Waals surface area contributed by atoms with E-state index in [-0.39, 0.29) is 12.1 Å². The minimum Gasteiger partial charge on any atom is -0.444 e. The zero-order valence-electron chi connectivity index (χ0n) is 15.9.